The molecule has 2 aromatic carbocycles. The van der Waals surface area contributed by atoms with Crippen molar-refractivity contribution < 1.29 is 24.3 Å². The molecule has 0 saturated carbocycles. The zero-order valence-corrected chi connectivity index (χ0v) is 23.3. The Bertz CT molecular complexity index is 1080. The Hall–Kier alpha value is -3.76. The number of unbranched alkanes of at least 4 members (excludes halogenated alkanes) is 1. The van der Waals surface area contributed by atoms with Crippen LogP contribution in [0.2, 0.25) is 0 Å². The summed E-state index contributed by atoms with van der Waals surface area (Å²) >= 11 is 0. The van der Waals surface area contributed by atoms with Crippen LogP contribution in [0, 0.1) is 5.92 Å². The molecule has 2 aromatic rings. The van der Waals surface area contributed by atoms with E-state index in [4.69, 9.17) is 11.5 Å². The summed E-state index contributed by atoms with van der Waals surface area (Å²) in [6, 6.07) is 14.3. The van der Waals surface area contributed by atoms with Crippen LogP contribution >= 0.6 is 0 Å². The highest BCUT2D eigenvalue weighted by Crippen LogP contribution is 2.10. The van der Waals surface area contributed by atoms with Crippen molar-refractivity contribution in [2.45, 2.75) is 76.5 Å². The van der Waals surface area contributed by atoms with Crippen molar-refractivity contribution in [3.05, 3.63) is 71.8 Å². The minimum Gasteiger partial charge on any atom is -0.480 e. The Morgan fingerprint density at radius 2 is 1.18 bits per heavy atom. The van der Waals surface area contributed by atoms with Gasteiger partial charge in [0.2, 0.25) is 17.7 Å². The quantitative estimate of drug-likeness (QED) is 0.161. The number of amides is 3. The molecule has 0 saturated heterocycles. The monoisotopic (exact) mass is 553 g/mol. The molecule has 0 radical (unpaired) electrons. The average molecular weight is 554 g/mol. The van der Waals surface area contributed by atoms with Gasteiger partial charge in [0.25, 0.3) is 0 Å². The maximum atomic E-state index is 13.6. The van der Waals surface area contributed by atoms with Gasteiger partial charge < -0.3 is 32.5 Å². The molecule has 0 heterocycles. The number of carboxylic acids is 1. The van der Waals surface area contributed by atoms with Gasteiger partial charge >= 0.3 is 5.97 Å². The van der Waals surface area contributed by atoms with E-state index in [-0.39, 0.29) is 25.2 Å². The van der Waals surface area contributed by atoms with Crippen molar-refractivity contribution in [1.29, 1.82) is 0 Å². The summed E-state index contributed by atoms with van der Waals surface area (Å²) in [5.74, 6) is -2.78. The minimum atomic E-state index is -1.15. The molecule has 10 nitrogen and oxygen atoms in total. The normalized spacial score (nSPS) is 14.0. The number of aliphatic carboxylic acids is 1. The molecule has 2 rings (SSSR count). The van der Waals surface area contributed by atoms with E-state index in [1.807, 2.05) is 74.5 Å². The van der Waals surface area contributed by atoms with Crippen molar-refractivity contribution in [2.75, 3.05) is 6.54 Å². The van der Waals surface area contributed by atoms with E-state index in [9.17, 15) is 24.3 Å². The molecular formula is C30H43N5O5. The molecule has 0 aliphatic rings. The highest BCUT2D eigenvalue weighted by atomic mass is 16.4. The lowest BCUT2D eigenvalue weighted by atomic mass is 10.0. The molecule has 10 heteroatoms. The standard InChI is InChI=1S/C30H43N5O5/c1-20(2)17-26(30(39)40)35-29(38)25(19-22-13-7-4-8-14-22)34-28(37)24(18-21-11-5-3-6-12-21)33-27(36)23(32)15-9-10-16-31/h3-8,11-14,20,23-26H,9-10,15-19,31-32H2,1-2H3,(H,33,36)(H,34,37)(H,35,38)(H,39,40). The van der Waals surface area contributed by atoms with E-state index in [1.54, 1.807) is 0 Å². The van der Waals surface area contributed by atoms with E-state index in [2.05, 4.69) is 16.0 Å². The fourth-order valence-corrected chi connectivity index (χ4v) is 4.27. The molecule has 0 spiro atoms. The van der Waals surface area contributed by atoms with Crippen LogP contribution in [0.3, 0.4) is 0 Å². The number of carbonyl (C=O) groups excluding carboxylic acids is 3. The van der Waals surface area contributed by atoms with Crippen LogP contribution in [0.4, 0.5) is 0 Å². The minimum absolute atomic E-state index is 0.0306. The van der Waals surface area contributed by atoms with Gasteiger partial charge in [-0.05, 0) is 42.9 Å². The largest absolute Gasteiger partial charge is 0.480 e. The Balaban J connectivity index is 2.27. The predicted molar refractivity (Wildman–Crippen MR) is 154 cm³/mol. The Kier molecular flexibility index (Phi) is 13.8. The molecule has 4 atom stereocenters. The van der Waals surface area contributed by atoms with Gasteiger partial charge in [-0.25, -0.2) is 4.79 Å². The van der Waals surface area contributed by atoms with Gasteiger partial charge in [-0.1, -0.05) is 80.9 Å². The number of hydrogen-bond donors (Lipinski definition) is 6. The number of nitrogens with one attached hydrogen (secondary N) is 3. The molecule has 40 heavy (non-hydrogen) atoms. The van der Waals surface area contributed by atoms with Gasteiger partial charge in [0.15, 0.2) is 0 Å². The second-order valence-corrected chi connectivity index (χ2v) is 10.4. The molecule has 4 unspecified atom stereocenters. The Morgan fingerprint density at radius 3 is 1.60 bits per heavy atom. The van der Waals surface area contributed by atoms with Gasteiger partial charge in [-0.2, -0.15) is 0 Å². The summed E-state index contributed by atoms with van der Waals surface area (Å²) < 4.78 is 0. The summed E-state index contributed by atoms with van der Waals surface area (Å²) in [6.07, 6.45) is 2.39. The van der Waals surface area contributed by atoms with Crippen LogP contribution < -0.4 is 27.4 Å². The average Bonchev–Trinajstić information content (AvgIpc) is 2.92. The van der Waals surface area contributed by atoms with E-state index >= 15 is 0 Å². The number of hydrogen-bond acceptors (Lipinski definition) is 6. The molecule has 3 amide bonds. The molecule has 0 bridgehead atoms. The molecule has 0 aliphatic carbocycles. The van der Waals surface area contributed by atoms with Gasteiger partial charge in [0, 0.05) is 12.8 Å². The van der Waals surface area contributed by atoms with Gasteiger partial charge in [0.05, 0.1) is 6.04 Å². The lowest BCUT2D eigenvalue weighted by Crippen LogP contribution is -2.58. The van der Waals surface area contributed by atoms with Gasteiger partial charge in [0.1, 0.15) is 18.1 Å². The fraction of sp³-hybridized carbons (Fsp3) is 0.467. The summed E-state index contributed by atoms with van der Waals surface area (Å²) in [5, 5.41) is 17.7. The second kappa shape index (κ2) is 17.0. The molecule has 8 N–H and O–H groups in total. The summed E-state index contributed by atoms with van der Waals surface area (Å²) in [4.78, 5) is 51.6. The number of rotatable bonds is 17. The second-order valence-electron chi connectivity index (χ2n) is 10.4. The van der Waals surface area contributed by atoms with Crippen molar-refractivity contribution in [1.82, 2.24) is 16.0 Å². The van der Waals surface area contributed by atoms with E-state index in [1.165, 1.54) is 0 Å². The lowest BCUT2D eigenvalue weighted by Gasteiger charge is -2.26. The number of carboxylic acid groups (broad SMARTS) is 1. The highest BCUT2D eigenvalue weighted by molar-refractivity contribution is 5.94. The van der Waals surface area contributed by atoms with Crippen LogP contribution in [-0.4, -0.2) is 59.5 Å². The summed E-state index contributed by atoms with van der Waals surface area (Å²) in [5.41, 5.74) is 13.2. The molecule has 0 fully saturated rings. The first kappa shape index (κ1) is 32.5. The zero-order chi connectivity index (χ0) is 29.5. The third-order valence-corrected chi connectivity index (χ3v) is 6.46. The SMILES string of the molecule is CC(C)CC(NC(=O)C(Cc1ccccc1)NC(=O)C(Cc1ccccc1)NC(=O)C(N)CCCCN)C(=O)O. The summed E-state index contributed by atoms with van der Waals surface area (Å²) in [6.45, 7) is 4.23. The Labute approximate surface area is 236 Å². The van der Waals surface area contributed by atoms with Crippen molar-refractivity contribution in [2.24, 2.45) is 17.4 Å². The fourth-order valence-electron chi connectivity index (χ4n) is 4.27. The topological polar surface area (TPSA) is 177 Å². The maximum absolute atomic E-state index is 13.6. The maximum Gasteiger partial charge on any atom is 0.326 e. The first-order chi connectivity index (χ1) is 19.1. The number of nitrogens with two attached hydrogens (primary N) is 2. The van der Waals surface area contributed by atoms with E-state index in [0.29, 0.717) is 19.4 Å². The zero-order valence-electron chi connectivity index (χ0n) is 23.3. The first-order valence-corrected chi connectivity index (χ1v) is 13.8. The third-order valence-electron chi connectivity index (χ3n) is 6.46. The van der Waals surface area contributed by atoms with Crippen LogP contribution in [0.15, 0.2) is 60.7 Å². The molecular weight excluding hydrogens is 510 g/mol. The van der Waals surface area contributed by atoms with Crippen molar-refractivity contribution in [3.8, 4) is 0 Å². The van der Waals surface area contributed by atoms with Crippen LogP contribution in [0.1, 0.15) is 50.7 Å². The molecule has 218 valence electrons. The van der Waals surface area contributed by atoms with Crippen LogP contribution in [0.5, 0.6) is 0 Å². The van der Waals surface area contributed by atoms with E-state index in [0.717, 1.165) is 17.5 Å². The number of carbonyl (C=O) groups is 4. The molecule has 0 aromatic heterocycles. The summed E-state index contributed by atoms with van der Waals surface area (Å²) in [7, 11) is 0. The number of benzene rings is 2. The van der Waals surface area contributed by atoms with Crippen LogP contribution in [-0.2, 0) is 32.0 Å². The first-order valence-electron chi connectivity index (χ1n) is 13.8. The van der Waals surface area contributed by atoms with E-state index < -0.39 is 47.9 Å². The van der Waals surface area contributed by atoms with Crippen LogP contribution in [0.25, 0.3) is 0 Å². The smallest absolute Gasteiger partial charge is 0.326 e. The van der Waals surface area contributed by atoms with Crippen molar-refractivity contribution in [3.63, 3.8) is 0 Å². The third kappa shape index (κ3) is 11.5. The highest BCUT2D eigenvalue weighted by Gasteiger charge is 2.31. The van der Waals surface area contributed by atoms with Gasteiger partial charge in [-0.15, -0.1) is 0 Å². The van der Waals surface area contributed by atoms with Gasteiger partial charge in [-0.3, -0.25) is 14.4 Å². The Morgan fingerprint density at radius 1 is 0.725 bits per heavy atom. The lowest BCUT2D eigenvalue weighted by molar-refractivity contribution is -0.142. The predicted octanol–water partition coefficient (Wildman–Crippen LogP) is 1.51. The van der Waals surface area contributed by atoms with Crippen molar-refractivity contribution >= 4 is 23.7 Å². The molecule has 0 aliphatic heterocycles.